The van der Waals surface area contributed by atoms with Crippen molar-refractivity contribution in [2.75, 3.05) is 11.9 Å². The lowest BCUT2D eigenvalue weighted by Crippen LogP contribution is -2.42. The van der Waals surface area contributed by atoms with E-state index in [1.807, 2.05) is 11.8 Å². The van der Waals surface area contributed by atoms with Crippen LogP contribution in [0.2, 0.25) is 5.02 Å². The van der Waals surface area contributed by atoms with Crippen molar-refractivity contribution in [3.8, 4) is 0 Å². The van der Waals surface area contributed by atoms with Crippen LogP contribution in [0.25, 0.3) is 0 Å². The maximum Gasteiger partial charge on any atom is 0.259 e. The molecule has 4 rings (SSSR count). The summed E-state index contributed by atoms with van der Waals surface area (Å²) >= 11 is 5.90. The van der Waals surface area contributed by atoms with E-state index in [-0.39, 0.29) is 23.8 Å². The topological polar surface area (TPSA) is 75.2 Å². The maximum atomic E-state index is 13.1. The van der Waals surface area contributed by atoms with Crippen LogP contribution >= 0.6 is 11.6 Å². The van der Waals surface area contributed by atoms with Crippen molar-refractivity contribution in [2.45, 2.75) is 57.9 Å². The molecule has 0 radical (unpaired) electrons. The van der Waals surface area contributed by atoms with Gasteiger partial charge in [-0.2, -0.15) is 0 Å². The lowest BCUT2D eigenvalue weighted by molar-refractivity contribution is -0.139. The molecule has 2 amide bonds. The van der Waals surface area contributed by atoms with Gasteiger partial charge < -0.3 is 10.2 Å². The zero-order chi connectivity index (χ0) is 21.1. The van der Waals surface area contributed by atoms with E-state index < -0.39 is 0 Å². The van der Waals surface area contributed by atoms with Crippen LogP contribution in [0, 0.1) is 12.8 Å². The molecule has 1 aromatic carbocycles. The van der Waals surface area contributed by atoms with Crippen LogP contribution in [-0.4, -0.2) is 33.2 Å². The molecular formula is C23H27ClN4O2. The zero-order valence-electron chi connectivity index (χ0n) is 17.2. The normalized spacial score (nSPS) is 19.7. The standard InChI is InChI=1S/C23H27ClN4O2/c1-15-19(22(29)27-18-11-9-17(24)10-12-18)14-25-21(26-15)20-8-4-5-13-28(20)23(30)16-6-2-3-7-16/h9-12,14,16,20H,2-8,13H2,1H3,(H,27,29). The highest BCUT2D eigenvalue weighted by atomic mass is 35.5. The molecule has 2 fully saturated rings. The number of carbonyl (C=O) groups is 2. The summed E-state index contributed by atoms with van der Waals surface area (Å²) in [5, 5.41) is 3.46. The average molecular weight is 427 g/mol. The third-order valence-electron chi connectivity index (χ3n) is 6.13. The van der Waals surface area contributed by atoms with E-state index in [9.17, 15) is 9.59 Å². The molecule has 30 heavy (non-hydrogen) atoms. The second-order valence-corrected chi connectivity index (χ2v) is 8.65. The molecule has 0 spiro atoms. The van der Waals surface area contributed by atoms with Crippen molar-refractivity contribution in [1.82, 2.24) is 14.9 Å². The molecule has 6 nitrogen and oxygen atoms in total. The Hall–Kier alpha value is -2.47. The second kappa shape index (κ2) is 9.13. The number of nitrogens with zero attached hydrogens (tertiary/aromatic N) is 3. The van der Waals surface area contributed by atoms with E-state index in [1.54, 1.807) is 30.5 Å². The Labute approximate surface area is 182 Å². The van der Waals surface area contributed by atoms with Crippen LogP contribution in [-0.2, 0) is 4.79 Å². The molecule has 1 N–H and O–H groups in total. The molecule has 1 atom stereocenters. The molecule has 1 aromatic heterocycles. The Morgan fingerprint density at radius 3 is 2.47 bits per heavy atom. The molecule has 1 saturated heterocycles. The lowest BCUT2D eigenvalue weighted by Gasteiger charge is -2.36. The number of hydrogen-bond acceptors (Lipinski definition) is 4. The third-order valence-corrected chi connectivity index (χ3v) is 6.38. The number of aromatic nitrogens is 2. The number of hydrogen-bond donors (Lipinski definition) is 1. The predicted octanol–water partition coefficient (Wildman–Crippen LogP) is 4.93. The van der Waals surface area contributed by atoms with Crippen molar-refractivity contribution in [3.63, 3.8) is 0 Å². The van der Waals surface area contributed by atoms with Crippen LogP contribution in [0.4, 0.5) is 5.69 Å². The van der Waals surface area contributed by atoms with Gasteiger partial charge in [0.05, 0.1) is 17.3 Å². The molecule has 2 aliphatic rings. The maximum absolute atomic E-state index is 13.1. The number of rotatable bonds is 4. The summed E-state index contributed by atoms with van der Waals surface area (Å²) in [7, 11) is 0. The average Bonchev–Trinajstić information content (AvgIpc) is 3.29. The fourth-order valence-electron chi connectivity index (χ4n) is 4.47. The first-order valence-electron chi connectivity index (χ1n) is 10.7. The number of amides is 2. The van der Waals surface area contributed by atoms with E-state index in [1.165, 1.54) is 0 Å². The van der Waals surface area contributed by atoms with Gasteiger partial charge in [-0.25, -0.2) is 9.97 Å². The molecule has 0 bridgehead atoms. The van der Waals surface area contributed by atoms with Gasteiger partial charge in [0.1, 0.15) is 0 Å². The van der Waals surface area contributed by atoms with Gasteiger partial charge in [-0.05, 0) is 63.3 Å². The van der Waals surface area contributed by atoms with E-state index >= 15 is 0 Å². The fourth-order valence-corrected chi connectivity index (χ4v) is 4.60. The van der Waals surface area contributed by atoms with E-state index in [4.69, 9.17) is 11.6 Å². The van der Waals surface area contributed by atoms with Gasteiger partial charge in [0, 0.05) is 29.4 Å². The molecule has 1 aliphatic heterocycles. The molecule has 2 aromatic rings. The fraction of sp³-hybridized carbons (Fsp3) is 0.478. The van der Waals surface area contributed by atoms with Crippen LogP contribution in [0.5, 0.6) is 0 Å². The van der Waals surface area contributed by atoms with Crippen LogP contribution in [0.3, 0.4) is 0 Å². The number of nitrogens with one attached hydrogen (secondary N) is 1. The summed E-state index contributed by atoms with van der Waals surface area (Å²) in [4.78, 5) is 36.9. The van der Waals surface area contributed by atoms with Crippen molar-refractivity contribution < 1.29 is 9.59 Å². The minimum atomic E-state index is -0.260. The van der Waals surface area contributed by atoms with Crippen LogP contribution in [0.15, 0.2) is 30.5 Å². The minimum absolute atomic E-state index is 0.0982. The van der Waals surface area contributed by atoms with Gasteiger partial charge in [0.25, 0.3) is 5.91 Å². The summed E-state index contributed by atoms with van der Waals surface area (Å²) in [6, 6.07) is 6.85. The lowest BCUT2D eigenvalue weighted by atomic mass is 9.97. The Morgan fingerprint density at radius 2 is 1.77 bits per heavy atom. The number of likely N-dealkylation sites (tertiary alicyclic amines) is 1. The Kier molecular flexibility index (Phi) is 6.32. The molecule has 2 heterocycles. The molecular weight excluding hydrogens is 400 g/mol. The van der Waals surface area contributed by atoms with Gasteiger partial charge in [-0.15, -0.1) is 0 Å². The first-order chi connectivity index (χ1) is 14.5. The first kappa shape index (κ1) is 20.8. The van der Waals surface area contributed by atoms with E-state index in [0.717, 1.165) is 51.5 Å². The van der Waals surface area contributed by atoms with Crippen LogP contribution in [0.1, 0.15) is 72.9 Å². The highest BCUT2D eigenvalue weighted by Gasteiger charge is 2.35. The van der Waals surface area contributed by atoms with Gasteiger partial charge in [0.2, 0.25) is 5.91 Å². The van der Waals surface area contributed by atoms with Gasteiger partial charge in [0.15, 0.2) is 5.82 Å². The van der Waals surface area contributed by atoms with Crippen molar-refractivity contribution in [2.24, 2.45) is 5.92 Å². The molecule has 1 unspecified atom stereocenters. The number of anilines is 1. The smallest absolute Gasteiger partial charge is 0.259 e. The first-order valence-corrected chi connectivity index (χ1v) is 11.1. The Balaban J connectivity index is 1.51. The SMILES string of the molecule is Cc1nc(C2CCCCN2C(=O)C2CCCC2)ncc1C(=O)Nc1ccc(Cl)cc1. The highest BCUT2D eigenvalue weighted by molar-refractivity contribution is 6.30. The number of halogens is 1. The van der Waals surface area contributed by atoms with Gasteiger partial charge in [-0.3, -0.25) is 9.59 Å². The summed E-state index contributed by atoms with van der Waals surface area (Å²) in [5.74, 6) is 0.782. The van der Waals surface area contributed by atoms with E-state index in [2.05, 4.69) is 15.3 Å². The zero-order valence-corrected chi connectivity index (χ0v) is 18.0. The van der Waals surface area contributed by atoms with Crippen molar-refractivity contribution in [3.05, 3.63) is 52.6 Å². The number of benzene rings is 1. The molecule has 1 aliphatic carbocycles. The monoisotopic (exact) mass is 426 g/mol. The highest BCUT2D eigenvalue weighted by Crippen LogP contribution is 2.34. The largest absolute Gasteiger partial charge is 0.332 e. The Bertz CT molecular complexity index is 925. The predicted molar refractivity (Wildman–Crippen MR) is 116 cm³/mol. The van der Waals surface area contributed by atoms with Crippen molar-refractivity contribution >= 4 is 29.1 Å². The number of carbonyl (C=O) groups excluding carboxylic acids is 2. The van der Waals surface area contributed by atoms with Crippen molar-refractivity contribution in [1.29, 1.82) is 0 Å². The molecule has 7 heteroatoms. The third kappa shape index (κ3) is 4.48. The number of piperidine rings is 1. The minimum Gasteiger partial charge on any atom is -0.332 e. The van der Waals surface area contributed by atoms with Gasteiger partial charge >= 0.3 is 0 Å². The summed E-state index contributed by atoms with van der Waals surface area (Å²) in [6.07, 6.45) is 8.79. The second-order valence-electron chi connectivity index (χ2n) is 8.21. The Morgan fingerprint density at radius 1 is 1.07 bits per heavy atom. The van der Waals surface area contributed by atoms with E-state index in [0.29, 0.717) is 27.8 Å². The van der Waals surface area contributed by atoms with Crippen LogP contribution < -0.4 is 5.32 Å². The molecule has 1 saturated carbocycles. The number of aryl methyl sites for hydroxylation is 1. The summed E-state index contributed by atoms with van der Waals surface area (Å²) < 4.78 is 0. The quantitative estimate of drug-likeness (QED) is 0.751. The molecule has 158 valence electrons. The van der Waals surface area contributed by atoms with Gasteiger partial charge in [-0.1, -0.05) is 24.4 Å². The summed E-state index contributed by atoms with van der Waals surface area (Å²) in [6.45, 7) is 2.58. The summed E-state index contributed by atoms with van der Waals surface area (Å²) in [5.41, 5.74) is 1.71.